The molecule has 0 saturated carbocycles. The fourth-order valence-corrected chi connectivity index (χ4v) is 2.21. The molecular weight excluding hydrogens is 299 g/mol. The number of nitrogens with two attached hydrogens (primary N) is 1. The van der Waals surface area contributed by atoms with Gasteiger partial charge in [-0.3, -0.25) is 5.84 Å². The van der Waals surface area contributed by atoms with Gasteiger partial charge in [-0.05, 0) is 49.2 Å². The molecule has 0 radical (unpaired) electrons. The highest BCUT2D eigenvalue weighted by Gasteiger charge is 2.16. The monoisotopic (exact) mass is 312 g/mol. The summed E-state index contributed by atoms with van der Waals surface area (Å²) in [5.74, 6) is 6.77. The zero-order chi connectivity index (χ0) is 13.1. The van der Waals surface area contributed by atoms with Crippen LogP contribution in [0.4, 0.5) is 4.39 Å². The van der Waals surface area contributed by atoms with Crippen LogP contribution in [-0.4, -0.2) is 0 Å². The van der Waals surface area contributed by atoms with Gasteiger partial charge < -0.3 is 4.42 Å². The van der Waals surface area contributed by atoms with Crippen molar-refractivity contribution in [3.8, 4) is 0 Å². The zero-order valence-electron chi connectivity index (χ0n) is 9.91. The summed E-state index contributed by atoms with van der Waals surface area (Å²) in [6, 6.07) is 8.30. The first-order chi connectivity index (χ1) is 8.60. The fraction of sp³-hybridized carbons (Fsp3) is 0.231. The second-order valence-electron chi connectivity index (χ2n) is 4.11. The van der Waals surface area contributed by atoms with E-state index in [9.17, 15) is 4.39 Å². The quantitative estimate of drug-likeness (QED) is 0.673. The standard InChI is InChI=1S/C13H14BrFN2O/c1-8-2-5-13(18-8)12(17-16)7-9-6-10(14)3-4-11(9)15/h2-6,12,17H,7,16H2,1H3. The molecule has 3 N–H and O–H groups in total. The summed E-state index contributed by atoms with van der Waals surface area (Å²) in [5.41, 5.74) is 3.24. The van der Waals surface area contributed by atoms with E-state index < -0.39 is 0 Å². The maximum atomic E-state index is 13.7. The number of aryl methyl sites for hydroxylation is 1. The third-order valence-corrected chi connectivity index (χ3v) is 3.23. The number of hydrogen-bond donors (Lipinski definition) is 2. The number of rotatable bonds is 4. The molecule has 2 rings (SSSR count). The first-order valence-electron chi connectivity index (χ1n) is 5.56. The van der Waals surface area contributed by atoms with Gasteiger partial charge in [-0.25, -0.2) is 9.82 Å². The largest absolute Gasteiger partial charge is 0.465 e. The Bertz CT molecular complexity index is 542. The van der Waals surface area contributed by atoms with Gasteiger partial charge in [-0.15, -0.1) is 0 Å². The van der Waals surface area contributed by atoms with Crippen LogP contribution < -0.4 is 11.3 Å². The van der Waals surface area contributed by atoms with E-state index in [4.69, 9.17) is 10.3 Å². The second kappa shape index (κ2) is 5.65. The second-order valence-corrected chi connectivity index (χ2v) is 5.02. The van der Waals surface area contributed by atoms with Crippen molar-refractivity contribution >= 4 is 15.9 Å². The molecule has 1 atom stereocenters. The number of hydrogen-bond acceptors (Lipinski definition) is 3. The van der Waals surface area contributed by atoms with E-state index in [1.54, 1.807) is 12.1 Å². The highest BCUT2D eigenvalue weighted by atomic mass is 79.9. The number of halogens is 2. The summed E-state index contributed by atoms with van der Waals surface area (Å²) < 4.78 is 20.0. The SMILES string of the molecule is Cc1ccc(C(Cc2cc(Br)ccc2F)NN)o1. The molecule has 1 aromatic carbocycles. The zero-order valence-corrected chi connectivity index (χ0v) is 11.5. The van der Waals surface area contributed by atoms with Crippen LogP contribution in [0.3, 0.4) is 0 Å². The van der Waals surface area contributed by atoms with Gasteiger partial charge in [-0.1, -0.05) is 15.9 Å². The minimum Gasteiger partial charge on any atom is -0.465 e. The van der Waals surface area contributed by atoms with Crippen LogP contribution in [0.15, 0.2) is 39.2 Å². The minimum absolute atomic E-state index is 0.248. The topological polar surface area (TPSA) is 51.2 Å². The summed E-state index contributed by atoms with van der Waals surface area (Å²) in [4.78, 5) is 0. The lowest BCUT2D eigenvalue weighted by atomic mass is 10.0. The van der Waals surface area contributed by atoms with E-state index in [-0.39, 0.29) is 11.9 Å². The molecule has 0 aliphatic carbocycles. The molecular formula is C13H14BrFN2O. The van der Waals surface area contributed by atoms with Crippen molar-refractivity contribution in [1.82, 2.24) is 5.43 Å². The minimum atomic E-state index is -0.248. The van der Waals surface area contributed by atoms with E-state index in [1.807, 2.05) is 19.1 Å². The van der Waals surface area contributed by atoms with Gasteiger partial charge in [0, 0.05) is 4.47 Å². The summed E-state index contributed by atoms with van der Waals surface area (Å²) >= 11 is 3.33. The van der Waals surface area contributed by atoms with Crippen LogP contribution in [0.25, 0.3) is 0 Å². The third-order valence-electron chi connectivity index (χ3n) is 2.74. The van der Waals surface area contributed by atoms with Crippen molar-refractivity contribution in [2.24, 2.45) is 5.84 Å². The van der Waals surface area contributed by atoms with Crippen LogP contribution in [0.2, 0.25) is 0 Å². The molecule has 0 bridgehead atoms. The smallest absolute Gasteiger partial charge is 0.126 e. The molecule has 0 amide bonds. The molecule has 18 heavy (non-hydrogen) atoms. The number of nitrogens with one attached hydrogen (secondary N) is 1. The van der Waals surface area contributed by atoms with E-state index in [0.29, 0.717) is 17.7 Å². The highest BCUT2D eigenvalue weighted by Crippen LogP contribution is 2.23. The Hall–Kier alpha value is -1.17. The van der Waals surface area contributed by atoms with E-state index in [1.165, 1.54) is 6.07 Å². The van der Waals surface area contributed by atoms with Crippen molar-refractivity contribution in [3.63, 3.8) is 0 Å². The highest BCUT2D eigenvalue weighted by molar-refractivity contribution is 9.10. The Morgan fingerprint density at radius 1 is 1.39 bits per heavy atom. The molecule has 1 unspecified atom stereocenters. The van der Waals surface area contributed by atoms with Gasteiger partial charge in [-0.2, -0.15) is 0 Å². The molecule has 1 heterocycles. The van der Waals surface area contributed by atoms with Gasteiger partial charge in [0.05, 0.1) is 6.04 Å². The lowest BCUT2D eigenvalue weighted by Crippen LogP contribution is -2.29. The van der Waals surface area contributed by atoms with Gasteiger partial charge in [0.15, 0.2) is 0 Å². The van der Waals surface area contributed by atoms with E-state index >= 15 is 0 Å². The molecule has 0 aliphatic rings. The maximum Gasteiger partial charge on any atom is 0.126 e. The first-order valence-corrected chi connectivity index (χ1v) is 6.36. The lowest BCUT2D eigenvalue weighted by molar-refractivity contribution is 0.400. The molecule has 96 valence electrons. The van der Waals surface area contributed by atoms with Gasteiger partial charge >= 0.3 is 0 Å². The Morgan fingerprint density at radius 2 is 2.17 bits per heavy atom. The summed E-state index contributed by atoms with van der Waals surface area (Å²) in [6.07, 6.45) is 0.425. The average molecular weight is 313 g/mol. The van der Waals surface area contributed by atoms with Crippen LogP contribution >= 0.6 is 15.9 Å². The predicted molar refractivity (Wildman–Crippen MR) is 71.3 cm³/mol. The molecule has 0 saturated heterocycles. The maximum absolute atomic E-state index is 13.7. The lowest BCUT2D eigenvalue weighted by Gasteiger charge is -2.14. The Kier molecular flexibility index (Phi) is 4.16. The molecule has 0 spiro atoms. The van der Waals surface area contributed by atoms with Crippen molar-refractivity contribution in [2.45, 2.75) is 19.4 Å². The van der Waals surface area contributed by atoms with Gasteiger partial charge in [0.25, 0.3) is 0 Å². The normalized spacial score (nSPS) is 12.7. The van der Waals surface area contributed by atoms with Crippen molar-refractivity contribution in [3.05, 3.63) is 57.7 Å². The Balaban J connectivity index is 2.22. The fourth-order valence-electron chi connectivity index (χ4n) is 1.80. The molecule has 1 aromatic heterocycles. The van der Waals surface area contributed by atoms with E-state index in [0.717, 1.165) is 10.2 Å². The van der Waals surface area contributed by atoms with Gasteiger partial charge in [0.1, 0.15) is 17.3 Å². The summed E-state index contributed by atoms with van der Waals surface area (Å²) in [6.45, 7) is 1.86. The number of hydrazine groups is 1. The van der Waals surface area contributed by atoms with Crippen LogP contribution in [-0.2, 0) is 6.42 Å². The first kappa shape index (κ1) is 13.3. The molecule has 0 fully saturated rings. The third kappa shape index (κ3) is 2.98. The Morgan fingerprint density at radius 3 is 2.78 bits per heavy atom. The summed E-state index contributed by atoms with van der Waals surface area (Å²) in [7, 11) is 0. The van der Waals surface area contributed by atoms with Crippen molar-refractivity contribution in [2.75, 3.05) is 0 Å². The number of furan rings is 1. The van der Waals surface area contributed by atoms with Crippen LogP contribution in [0.1, 0.15) is 23.1 Å². The molecule has 3 nitrogen and oxygen atoms in total. The van der Waals surface area contributed by atoms with Crippen molar-refractivity contribution in [1.29, 1.82) is 0 Å². The summed E-state index contributed by atoms with van der Waals surface area (Å²) in [5, 5.41) is 0. The van der Waals surface area contributed by atoms with Crippen LogP contribution in [0.5, 0.6) is 0 Å². The van der Waals surface area contributed by atoms with Gasteiger partial charge in [0.2, 0.25) is 0 Å². The van der Waals surface area contributed by atoms with Crippen molar-refractivity contribution < 1.29 is 8.81 Å². The molecule has 0 aliphatic heterocycles. The molecule has 5 heteroatoms. The number of benzene rings is 1. The predicted octanol–water partition coefficient (Wildman–Crippen LogP) is 3.24. The van der Waals surface area contributed by atoms with Crippen LogP contribution in [0, 0.1) is 12.7 Å². The molecule has 2 aromatic rings. The Labute approximate surface area is 113 Å². The average Bonchev–Trinajstić information content (AvgIpc) is 2.77. The van der Waals surface area contributed by atoms with E-state index in [2.05, 4.69) is 21.4 Å².